The van der Waals surface area contributed by atoms with Gasteiger partial charge in [-0.2, -0.15) is 0 Å². The maximum atomic E-state index is 5.57. The molecule has 27 heavy (non-hydrogen) atoms. The van der Waals surface area contributed by atoms with Crippen molar-refractivity contribution < 1.29 is 14.2 Å². The molecule has 156 valence electrons. The highest BCUT2D eigenvalue weighted by Gasteiger charge is 2.04. The Kier molecular flexibility index (Phi) is 15.1. The Balaban J connectivity index is 0.00000676. The number of ether oxygens (including phenoxy) is 3. The predicted molar refractivity (Wildman–Crippen MR) is 123 cm³/mol. The number of hydrogen-bond acceptors (Lipinski definition) is 4. The summed E-state index contributed by atoms with van der Waals surface area (Å²) in [5.74, 6) is 2.95. The minimum atomic E-state index is 0. The quantitative estimate of drug-likeness (QED) is 0.202. The average molecular weight is 493 g/mol. The van der Waals surface area contributed by atoms with Crippen LogP contribution < -0.4 is 20.1 Å². The number of aliphatic imine (C=N–C) groups is 1. The van der Waals surface area contributed by atoms with Crippen LogP contribution in [-0.2, 0) is 11.2 Å². The van der Waals surface area contributed by atoms with Crippen LogP contribution >= 0.6 is 24.0 Å². The molecule has 7 heteroatoms. The van der Waals surface area contributed by atoms with Crippen molar-refractivity contribution >= 4 is 29.9 Å². The zero-order chi connectivity index (χ0) is 19.2. The minimum absolute atomic E-state index is 0. The van der Waals surface area contributed by atoms with Crippen LogP contribution in [-0.4, -0.2) is 53.5 Å². The van der Waals surface area contributed by atoms with Crippen molar-refractivity contribution in [2.75, 3.05) is 47.6 Å². The number of hydrogen-bond donors (Lipinski definition) is 2. The Labute approximate surface area is 181 Å². The molecular weight excluding hydrogens is 457 g/mol. The van der Waals surface area contributed by atoms with E-state index < -0.39 is 0 Å². The van der Waals surface area contributed by atoms with Crippen molar-refractivity contribution in [2.24, 2.45) is 10.9 Å². The summed E-state index contributed by atoms with van der Waals surface area (Å²) >= 11 is 0. The highest BCUT2D eigenvalue weighted by Crippen LogP contribution is 2.27. The van der Waals surface area contributed by atoms with E-state index in [0.717, 1.165) is 63.0 Å². The van der Waals surface area contributed by atoms with Crippen molar-refractivity contribution in [1.29, 1.82) is 0 Å². The lowest BCUT2D eigenvalue weighted by Crippen LogP contribution is -2.38. The van der Waals surface area contributed by atoms with Crippen molar-refractivity contribution in [2.45, 2.75) is 33.1 Å². The van der Waals surface area contributed by atoms with Crippen LogP contribution in [0.15, 0.2) is 23.2 Å². The van der Waals surface area contributed by atoms with Crippen molar-refractivity contribution in [3.8, 4) is 11.5 Å². The van der Waals surface area contributed by atoms with Gasteiger partial charge >= 0.3 is 0 Å². The zero-order valence-corrected chi connectivity index (χ0v) is 19.7. The average Bonchev–Trinajstić information content (AvgIpc) is 2.65. The van der Waals surface area contributed by atoms with E-state index in [4.69, 9.17) is 14.2 Å². The summed E-state index contributed by atoms with van der Waals surface area (Å²) in [6, 6.07) is 6.05. The molecule has 1 aromatic carbocycles. The van der Waals surface area contributed by atoms with Gasteiger partial charge in [-0.3, -0.25) is 4.99 Å². The second-order valence-electron chi connectivity index (χ2n) is 6.54. The van der Waals surface area contributed by atoms with E-state index >= 15 is 0 Å². The molecule has 0 aliphatic carbocycles. The molecule has 0 saturated heterocycles. The fourth-order valence-corrected chi connectivity index (χ4v) is 2.46. The summed E-state index contributed by atoms with van der Waals surface area (Å²) in [6.45, 7) is 7.63. The SMILES string of the molecule is CN=C(NCCCOCC(C)C)NCCCc1ccc(OC)c(OC)c1.I. The van der Waals surface area contributed by atoms with Gasteiger partial charge in [0.15, 0.2) is 17.5 Å². The van der Waals surface area contributed by atoms with Crippen LogP contribution in [0.25, 0.3) is 0 Å². The largest absolute Gasteiger partial charge is 0.493 e. The number of nitrogens with one attached hydrogen (secondary N) is 2. The number of methoxy groups -OCH3 is 2. The minimum Gasteiger partial charge on any atom is -0.493 e. The topological polar surface area (TPSA) is 64.1 Å². The van der Waals surface area contributed by atoms with E-state index in [1.54, 1.807) is 21.3 Å². The molecule has 0 fully saturated rings. The third-order valence-corrected chi connectivity index (χ3v) is 3.82. The second-order valence-corrected chi connectivity index (χ2v) is 6.54. The first kappa shape index (κ1) is 25.8. The van der Waals surface area contributed by atoms with Gasteiger partial charge in [0, 0.05) is 33.4 Å². The van der Waals surface area contributed by atoms with E-state index in [9.17, 15) is 0 Å². The van der Waals surface area contributed by atoms with E-state index in [2.05, 4.69) is 35.5 Å². The molecule has 0 aliphatic rings. The first-order valence-corrected chi connectivity index (χ1v) is 9.33. The van der Waals surface area contributed by atoms with Gasteiger partial charge in [0.25, 0.3) is 0 Å². The summed E-state index contributed by atoms with van der Waals surface area (Å²) in [7, 11) is 5.10. The monoisotopic (exact) mass is 493 g/mol. The summed E-state index contributed by atoms with van der Waals surface area (Å²) in [4.78, 5) is 4.25. The molecule has 1 aromatic rings. The van der Waals surface area contributed by atoms with Crippen LogP contribution in [0.5, 0.6) is 11.5 Å². The first-order chi connectivity index (χ1) is 12.6. The molecule has 0 saturated carbocycles. The Hall–Kier alpha value is -1.22. The van der Waals surface area contributed by atoms with Gasteiger partial charge in [0.05, 0.1) is 14.2 Å². The maximum Gasteiger partial charge on any atom is 0.190 e. The highest BCUT2D eigenvalue weighted by molar-refractivity contribution is 14.0. The highest BCUT2D eigenvalue weighted by atomic mass is 127. The zero-order valence-electron chi connectivity index (χ0n) is 17.3. The Bertz CT molecular complexity index is 539. The molecule has 6 nitrogen and oxygen atoms in total. The number of nitrogens with zero attached hydrogens (tertiary/aromatic N) is 1. The summed E-state index contributed by atoms with van der Waals surface area (Å²) in [5.41, 5.74) is 1.23. The number of aryl methyl sites for hydroxylation is 1. The van der Waals surface area contributed by atoms with E-state index in [-0.39, 0.29) is 24.0 Å². The van der Waals surface area contributed by atoms with Crippen LogP contribution in [0.1, 0.15) is 32.3 Å². The fourth-order valence-electron chi connectivity index (χ4n) is 2.46. The van der Waals surface area contributed by atoms with Gasteiger partial charge in [0.1, 0.15) is 0 Å². The number of halogens is 1. The maximum absolute atomic E-state index is 5.57. The Morgan fingerprint density at radius 1 is 1.04 bits per heavy atom. The van der Waals surface area contributed by atoms with Gasteiger partial charge in [-0.05, 0) is 42.9 Å². The fraction of sp³-hybridized carbons (Fsp3) is 0.650. The molecule has 0 atom stereocenters. The van der Waals surface area contributed by atoms with Gasteiger partial charge < -0.3 is 24.8 Å². The Morgan fingerprint density at radius 2 is 1.70 bits per heavy atom. The molecule has 0 aliphatic heterocycles. The summed E-state index contributed by atoms with van der Waals surface area (Å²) in [6.07, 6.45) is 2.94. The normalized spacial score (nSPS) is 11.1. The predicted octanol–water partition coefficient (Wildman–Crippen LogP) is 3.48. The second kappa shape index (κ2) is 15.8. The molecule has 0 aromatic heterocycles. The van der Waals surface area contributed by atoms with Crippen molar-refractivity contribution in [1.82, 2.24) is 10.6 Å². The molecule has 1 rings (SSSR count). The standard InChI is InChI=1S/C20H35N3O3.HI/c1-16(2)15-26-13-7-12-23-20(21-3)22-11-6-8-17-9-10-18(24-4)19(14-17)25-5;/h9-10,14,16H,6-8,11-13,15H2,1-5H3,(H2,21,22,23);1H. The number of guanidine groups is 1. The summed E-state index contributed by atoms with van der Waals surface area (Å²) in [5, 5.41) is 6.65. The van der Waals surface area contributed by atoms with Crippen LogP contribution in [0.4, 0.5) is 0 Å². The van der Waals surface area contributed by atoms with E-state index in [1.165, 1.54) is 5.56 Å². The van der Waals surface area contributed by atoms with Crippen LogP contribution in [0.3, 0.4) is 0 Å². The molecule has 0 heterocycles. The van der Waals surface area contributed by atoms with Crippen LogP contribution in [0.2, 0.25) is 0 Å². The third-order valence-electron chi connectivity index (χ3n) is 3.82. The Morgan fingerprint density at radius 3 is 2.30 bits per heavy atom. The summed E-state index contributed by atoms with van der Waals surface area (Å²) < 4.78 is 16.2. The van der Waals surface area contributed by atoms with Gasteiger partial charge in [-0.25, -0.2) is 0 Å². The molecule has 0 spiro atoms. The van der Waals surface area contributed by atoms with Gasteiger partial charge in [-0.15, -0.1) is 24.0 Å². The molecule has 2 N–H and O–H groups in total. The molecule has 0 amide bonds. The van der Waals surface area contributed by atoms with Crippen molar-refractivity contribution in [3.05, 3.63) is 23.8 Å². The van der Waals surface area contributed by atoms with E-state index in [1.807, 2.05) is 12.1 Å². The lowest BCUT2D eigenvalue weighted by atomic mass is 10.1. The lowest BCUT2D eigenvalue weighted by molar-refractivity contribution is 0.108. The van der Waals surface area contributed by atoms with Crippen LogP contribution in [0, 0.1) is 5.92 Å². The lowest BCUT2D eigenvalue weighted by Gasteiger charge is -2.13. The van der Waals surface area contributed by atoms with Crippen molar-refractivity contribution in [3.63, 3.8) is 0 Å². The van der Waals surface area contributed by atoms with Gasteiger partial charge in [-0.1, -0.05) is 19.9 Å². The molecule has 0 bridgehead atoms. The van der Waals surface area contributed by atoms with Gasteiger partial charge in [0.2, 0.25) is 0 Å². The molecule has 0 unspecified atom stereocenters. The first-order valence-electron chi connectivity index (χ1n) is 9.33. The van der Waals surface area contributed by atoms with E-state index in [0.29, 0.717) is 5.92 Å². The molecule has 0 radical (unpaired) electrons. The smallest absolute Gasteiger partial charge is 0.190 e. The molecular formula is C20H36IN3O3. The third kappa shape index (κ3) is 11.3. The number of benzene rings is 1. The number of rotatable bonds is 12.